The molecule has 0 spiro atoms. The third kappa shape index (κ3) is 7.02. The Bertz CT molecular complexity index is 792. The Morgan fingerprint density at radius 3 is 2.51 bits per heavy atom. The first-order chi connectivity index (χ1) is 19.0. The average molecular weight is 543 g/mol. The molecule has 6 aliphatic rings. The Morgan fingerprint density at radius 2 is 1.79 bits per heavy atom. The Balaban J connectivity index is 0.940. The lowest BCUT2D eigenvalue weighted by Crippen LogP contribution is -2.63. The average Bonchev–Trinajstić information content (AvgIpc) is 3.70. The third-order valence-electron chi connectivity index (χ3n) is 11.7. The van der Waals surface area contributed by atoms with Gasteiger partial charge in [0.25, 0.3) is 0 Å². The fourth-order valence-electron chi connectivity index (χ4n) is 9.11. The molecule has 7 nitrogen and oxygen atoms in total. The van der Waals surface area contributed by atoms with Crippen molar-refractivity contribution in [2.75, 3.05) is 52.4 Å². The van der Waals surface area contributed by atoms with Gasteiger partial charge in [-0.15, -0.1) is 0 Å². The second kappa shape index (κ2) is 13.1. The van der Waals surface area contributed by atoms with Crippen molar-refractivity contribution in [1.29, 1.82) is 0 Å². The van der Waals surface area contributed by atoms with Gasteiger partial charge < -0.3 is 26.2 Å². The topological polar surface area (TPSA) is 71.7 Å². The molecule has 9 atom stereocenters. The molecule has 0 aromatic heterocycles. The zero-order valence-corrected chi connectivity index (χ0v) is 25.0. The van der Waals surface area contributed by atoms with Gasteiger partial charge in [-0.3, -0.25) is 9.69 Å². The molecule has 39 heavy (non-hydrogen) atoms. The predicted molar refractivity (Wildman–Crippen MR) is 159 cm³/mol. The van der Waals surface area contributed by atoms with Gasteiger partial charge in [0.1, 0.15) is 0 Å². The number of carbonyl (C=O) groups excluding carboxylic acids is 1. The zero-order valence-electron chi connectivity index (χ0n) is 25.0. The molecule has 6 rings (SSSR count). The number of nitrogens with one attached hydrogen (secondary N) is 4. The van der Waals surface area contributed by atoms with Gasteiger partial charge in [-0.1, -0.05) is 20.3 Å². The van der Waals surface area contributed by atoms with Crippen LogP contribution in [-0.4, -0.2) is 98.3 Å². The van der Waals surface area contributed by atoms with Crippen molar-refractivity contribution in [1.82, 2.24) is 31.1 Å². The van der Waals surface area contributed by atoms with Crippen molar-refractivity contribution in [2.45, 2.75) is 115 Å². The van der Waals surface area contributed by atoms with E-state index in [2.05, 4.69) is 44.9 Å². The monoisotopic (exact) mass is 542 g/mol. The molecule has 4 heterocycles. The third-order valence-corrected chi connectivity index (χ3v) is 11.7. The van der Waals surface area contributed by atoms with E-state index in [9.17, 15) is 4.79 Å². The van der Waals surface area contributed by atoms with Crippen LogP contribution in [0, 0.1) is 29.6 Å². The van der Waals surface area contributed by atoms with Crippen LogP contribution in [0.4, 0.5) is 0 Å². The maximum absolute atomic E-state index is 13.5. The van der Waals surface area contributed by atoms with E-state index in [-0.39, 0.29) is 11.9 Å². The molecule has 2 aliphatic carbocycles. The molecular weight excluding hydrogens is 484 g/mol. The number of amides is 1. The molecule has 2 saturated carbocycles. The molecule has 4 saturated heterocycles. The fraction of sp³-hybridized carbons (Fsp3) is 0.969. The normalized spacial score (nSPS) is 41.2. The van der Waals surface area contributed by atoms with Gasteiger partial charge in [-0.05, 0) is 113 Å². The van der Waals surface area contributed by atoms with Crippen molar-refractivity contribution in [2.24, 2.45) is 29.6 Å². The van der Waals surface area contributed by atoms with E-state index in [0.717, 1.165) is 18.9 Å². The summed E-state index contributed by atoms with van der Waals surface area (Å²) in [6.07, 6.45) is 14.3. The number of piperidine rings is 2. The minimum Gasteiger partial charge on any atom is -0.350 e. The molecule has 4 N–H and O–H groups in total. The summed E-state index contributed by atoms with van der Waals surface area (Å²) in [6, 6.07) is 1.92. The van der Waals surface area contributed by atoms with E-state index in [1.165, 1.54) is 110 Å². The van der Waals surface area contributed by atoms with Crippen LogP contribution in [0.15, 0.2) is 0 Å². The molecule has 4 aliphatic heterocycles. The summed E-state index contributed by atoms with van der Waals surface area (Å²) < 4.78 is 0. The number of hydrogen-bond donors (Lipinski definition) is 4. The first-order valence-electron chi connectivity index (χ1n) is 17.0. The maximum Gasteiger partial charge on any atom is 0.237 e. The Hall–Kier alpha value is -0.730. The molecule has 7 heteroatoms. The Morgan fingerprint density at radius 1 is 0.949 bits per heavy atom. The van der Waals surface area contributed by atoms with Crippen LogP contribution in [0.25, 0.3) is 0 Å². The lowest BCUT2D eigenvalue weighted by molar-refractivity contribution is -0.124. The van der Waals surface area contributed by atoms with Crippen LogP contribution in [0.3, 0.4) is 0 Å². The van der Waals surface area contributed by atoms with E-state index >= 15 is 0 Å². The number of hydrogen-bond acceptors (Lipinski definition) is 6. The summed E-state index contributed by atoms with van der Waals surface area (Å²) in [7, 11) is 0. The van der Waals surface area contributed by atoms with Crippen LogP contribution >= 0.6 is 0 Å². The first kappa shape index (κ1) is 28.4. The first-order valence-corrected chi connectivity index (χ1v) is 17.0. The number of rotatable bonds is 9. The van der Waals surface area contributed by atoms with Gasteiger partial charge >= 0.3 is 0 Å². The summed E-state index contributed by atoms with van der Waals surface area (Å²) in [5.41, 5.74) is 0. The SMILES string of the molecule is CC1CCCC2CC(C(=O)NC(C3CC3)C3NCC(N4CCN(CCCC5CCCNC5)CC4)CC3C)NC12. The van der Waals surface area contributed by atoms with Crippen LogP contribution in [0.2, 0.25) is 0 Å². The second-order valence-corrected chi connectivity index (χ2v) is 14.6. The van der Waals surface area contributed by atoms with Gasteiger partial charge in [0.15, 0.2) is 0 Å². The summed E-state index contributed by atoms with van der Waals surface area (Å²) in [5, 5.41) is 14.9. The summed E-state index contributed by atoms with van der Waals surface area (Å²) >= 11 is 0. The number of fused-ring (bicyclic) bond motifs is 1. The fourth-order valence-corrected chi connectivity index (χ4v) is 9.11. The predicted octanol–water partition coefficient (Wildman–Crippen LogP) is 2.81. The lowest BCUT2D eigenvalue weighted by Gasteiger charge is -2.46. The summed E-state index contributed by atoms with van der Waals surface area (Å²) in [6.45, 7) is 14.5. The molecular formula is C32H58N6O. The zero-order chi connectivity index (χ0) is 26.8. The molecule has 222 valence electrons. The minimum absolute atomic E-state index is 0.0177. The molecule has 0 bridgehead atoms. The highest BCUT2D eigenvalue weighted by atomic mass is 16.2. The molecule has 6 fully saturated rings. The summed E-state index contributed by atoms with van der Waals surface area (Å²) in [5.74, 6) is 3.86. The van der Waals surface area contributed by atoms with Crippen molar-refractivity contribution < 1.29 is 4.79 Å². The van der Waals surface area contributed by atoms with Crippen molar-refractivity contribution in [3.63, 3.8) is 0 Å². The van der Waals surface area contributed by atoms with E-state index in [4.69, 9.17) is 0 Å². The van der Waals surface area contributed by atoms with E-state index in [1.54, 1.807) is 0 Å². The van der Waals surface area contributed by atoms with E-state index in [0.29, 0.717) is 47.8 Å². The minimum atomic E-state index is 0.0177. The number of nitrogens with zero attached hydrogens (tertiary/aromatic N) is 2. The number of piperazine rings is 1. The Labute approximate surface area is 238 Å². The highest BCUT2D eigenvalue weighted by molar-refractivity contribution is 5.82. The summed E-state index contributed by atoms with van der Waals surface area (Å²) in [4.78, 5) is 18.9. The van der Waals surface area contributed by atoms with Crippen molar-refractivity contribution in [3.05, 3.63) is 0 Å². The van der Waals surface area contributed by atoms with Crippen LogP contribution in [0.5, 0.6) is 0 Å². The highest BCUT2D eigenvalue weighted by Gasteiger charge is 2.46. The Kier molecular flexibility index (Phi) is 9.51. The van der Waals surface area contributed by atoms with E-state index in [1.807, 2.05) is 0 Å². The maximum atomic E-state index is 13.5. The van der Waals surface area contributed by atoms with Gasteiger partial charge in [-0.2, -0.15) is 0 Å². The lowest BCUT2D eigenvalue weighted by atomic mass is 9.78. The highest BCUT2D eigenvalue weighted by Crippen LogP contribution is 2.39. The molecule has 0 aromatic rings. The molecule has 9 unspecified atom stereocenters. The van der Waals surface area contributed by atoms with Crippen LogP contribution in [0.1, 0.15) is 84.5 Å². The van der Waals surface area contributed by atoms with Gasteiger partial charge in [0, 0.05) is 56.9 Å². The smallest absolute Gasteiger partial charge is 0.237 e. The molecule has 1 amide bonds. The van der Waals surface area contributed by atoms with Gasteiger partial charge in [-0.25, -0.2) is 0 Å². The van der Waals surface area contributed by atoms with E-state index < -0.39 is 0 Å². The van der Waals surface area contributed by atoms with Crippen molar-refractivity contribution >= 4 is 5.91 Å². The second-order valence-electron chi connectivity index (χ2n) is 14.6. The van der Waals surface area contributed by atoms with Crippen LogP contribution in [-0.2, 0) is 4.79 Å². The largest absolute Gasteiger partial charge is 0.350 e. The number of carbonyl (C=O) groups is 1. The van der Waals surface area contributed by atoms with Gasteiger partial charge in [0.05, 0.1) is 6.04 Å². The molecule has 0 aromatic carbocycles. The van der Waals surface area contributed by atoms with Crippen LogP contribution < -0.4 is 21.3 Å². The standard InChI is InChI=1S/C32H58N6O/c1-22-6-3-9-26-19-28(35-29(22)26)32(39)36-31(25-10-11-25)30-23(2)18-27(21-34-30)38-16-14-37(15-17-38)13-5-8-24-7-4-12-33-20-24/h22-31,33-35H,3-21H2,1-2H3,(H,36,39). The van der Waals surface area contributed by atoms with Gasteiger partial charge in [0.2, 0.25) is 5.91 Å². The quantitative estimate of drug-likeness (QED) is 0.359. The van der Waals surface area contributed by atoms with Crippen molar-refractivity contribution in [3.8, 4) is 0 Å². The molecule has 0 radical (unpaired) electrons.